The first-order valence-electron chi connectivity index (χ1n) is 3.04. The second-order valence-electron chi connectivity index (χ2n) is 2.22. The largest absolute Gasteiger partial charge is 0.397 e. The molecule has 0 fully saturated rings. The van der Waals surface area contributed by atoms with Gasteiger partial charge in [-0.15, -0.1) is 0 Å². The van der Waals surface area contributed by atoms with E-state index in [1.165, 1.54) is 12.1 Å². The summed E-state index contributed by atoms with van der Waals surface area (Å²) in [7, 11) is 0. The van der Waals surface area contributed by atoms with Crippen LogP contribution in [0.5, 0.6) is 0 Å². The van der Waals surface area contributed by atoms with Crippen LogP contribution in [0.1, 0.15) is 5.56 Å². The number of benzene rings is 1. The number of anilines is 2. The van der Waals surface area contributed by atoms with Crippen molar-refractivity contribution in [2.75, 3.05) is 11.5 Å². The molecule has 0 unspecified atom stereocenters. The second kappa shape index (κ2) is 2.96. The van der Waals surface area contributed by atoms with Crippen molar-refractivity contribution in [3.05, 3.63) is 22.7 Å². The molecule has 0 amide bonds. The predicted molar refractivity (Wildman–Crippen MR) is 45.1 cm³/mol. The number of hydrogen-bond acceptors (Lipinski definition) is 2. The number of rotatable bonds is 1. The van der Waals surface area contributed by atoms with Crippen LogP contribution in [0, 0.1) is 0 Å². The minimum absolute atomic E-state index is 0.294. The first-order valence-corrected chi connectivity index (χ1v) is 3.42. The van der Waals surface area contributed by atoms with Crippen LogP contribution < -0.4 is 11.5 Å². The molecule has 0 saturated carbocycles. The van der Waals surface area contributed by atoms with E-state index in [9.17, 15) is 4.39 Å². The molecular formula is C7H8ClFN2. The maximum Gasteiger partial charge on any atom is 0.115 e. The van der Waals surface area contributed by atoms with Gasteiger partial charge >= 0.3 is 0 Å². The molecule has 0 aliphatic heterocycles. The van der Waals surface area contributed by atoms with Crippen molar-refractivity contribution >= 4 is 23.0 Å². The fraction of sp³-hybridized carbons (Fsp3) is 0.143. The lowest BCUT2D eigenvalue weighted by atomic mass is 10.2. The van der Waals surface area contributed by atoms with Gasteiger partial charge in [-0.05, 0) is 17.7 Å². The van der Waals surface area contributed by atoms with Crippen LogP contribution in [0.2, 0.25) is 5.02 Å². The lowest BCUT2D eigenvalue weighted by Crippen LogP contribution is -1.94. The second-order valence-corrected chi connectivity index (χ2v) is 2.60. The summed E-state index contributed by atoms with van der Waals surface area (Å²) in [6.07, 6.45) is 0. The summed E-state index contributed by atoms with van der Waals surface area (Å²) in [5.74, 6) is 0. The van der Waals surface area contributed by atoms with Crippen LogP contribution in [0.4, 0.5) is 15.8 Å². The van der Waals surface area contributed by atoms with Crippen LogP contribution in [0.25, 0.3) is 0 Å². The van der Waals surface area contributed by atoms with Gasteiger partial charge in [-0.3, -0.25) is 0 Å². The third-order valence-corrected chi connectivity index (χ3v) is 1.78. The molecule has 60 valence electrons. The topological polar surface area (TPSA) is 52.0 Å². The number of alkyl halides is 1. The molecule has 0 spiro atoms. The van der Waals surface area contributed by atoms with Gasteiger partial charge < -0.3 is 11.5 Å². The van der Waals surface area contributed by atoms with E-state index in [1.54, 1.807) is 0 Å². The molecule has 1 aromatic carbocycles. The SMILES string of the molecule is Nc1cc(CF)cc(N)c1Cl. The molecule has 0 atom stereocenters. The average molecular weight is 175 g/mol. The van der Waals surface area contributed by atoms with Crippen LogP contribution in [-0.4, -0.2) is 0 Å². The molecule has 11 heavy (non-hydrogen) atoms. The Balaban J connectivity index is 3.21. The molecule has 0 bridgehead atoms. The van der Waals surface area contributed by atoms with Gasteiger partial charge in [-0.2, -0.15) is 0 Å². The zero-order chi connectivity index (χ0) is 8.43. The minimum Gasteiger partial charge on any atom is -0.397 e. The lowest BCUT2D eigenvalue weighted by molar-refractivity contribution is 0.485. The highest BCUT2D eigenvalue weighted by atomic mass is 35.5. The van der Waals surface area contributed by atoms with E-state index in [0.717, 1.165) is 0 Å². The number of halogens is 2. The van der Waals surface area contributed by atoms with E-state index in [1.807, 2.05) is 0 Å². The summed E-state index contributed by atoms with van der Waals surface area (Å²) >= 11 is 5.63. The lowest BCUT2D eigenvalue weighted by Gasteiger charge is -2.03. The zero-order valence-electron chi connectivity index (χ0n) is 5.77. The normalized spacial score (nSPS) is 10.0. The maximum atomic E-state index is 12.1. The minimum atomic E-state index is -0.578. The number of nitrogens with two attached hydrogens (primary N) is 2. The molecule has 0 aliphatic carbocycles. The van der Waals surface area contributed by atoms with Gasteiger partial charge in [0, 0.05) is 0 Å². The number of hydrogen-bond donors (Lipinski definition) is 2. The van der Waals surface area contributed by atoms with Crippen molar-refractivity contribution in [1.82, 2.24) is 0 Å². The Bertz CT molecular complexity index is 252. The maximum absolute atomic E-state index is 12.1. The van der Waals surface area contributed by atoms with Crippen molar-refractivity contribution in [3.63, 3.8) is 0 Å². The standard InChI is InChI=1S/C7H8ClFN2/c8-7-5(10)1-4(3-9)2-6(7)11/h1-2H,3,10-11H2. The van der Waals surface area contributed by atoms with Gasteiger partial charge in [0.2, 0.25) is 0 Å². The summed E-state index contributed by atoms with van der Waals surface area (Å²) in [5.41, 5.74) is 11.9. The fourth-order valence-electron chi connectivity index (χ4n) is 0.812. The summed E-state index contributed by atoms with van der Waals surface area (Å²) < 4.78 is 12.1. The Labute approximate surface area is 68.9 Å². The van der Waals surface area contributed by atoms with Crippen LogP contribution in [-0.2, 0) is 6.67 Å². The molecule has 0 aromatic heterocycles. The van der Waals surface area contributed by atoms with E-state index in [-0.39, 0.29) is 0 Å². The predicted octanol–water partition coefficient (Wildman–Crippen LogP) is 1.97. The first kappa shape index (κ1) is 8.14. The van der Waals surface area contributed by atoms with E-state index in [4.69, 9.17) is 23.1 Å². The Kier molecular flexibility index (Phi) is 2.19. The van der Waals surface area contributed by atoms with Crippen LogP contribution in [0.15, 0.2) is 12.1 Å². The van der Waals surface area contributed by atoms with E-state index in [0.29, 0.717) is 22.0 Å². The van der Waals surface area contributed by atoms with E-state index >= 15 is 0 Å². The van der Waals surface area contributed by atoms with Gasteiger partial charge in [0.05, 0.1) is 16.4 Å². The highest BCUT2D eigenvalue weighted by Gasteiger charge is 2.02. The number of nitrogen functional groups attached to an aromatic ring is 2. The molecule has 0 aliphatic rings. The molecule has 0 saturated heterocycles. The van der Waals surface area contributed by atoms with Crippen LogP contribution >= 0.6 is 11.6 Å². The Morgan fingerprint density at radius 3 is 2.09 bits per heavy atom. The monoisotopic (exact) mass is 174 g/mol. The van der Waals surface area contributed by atoms with Crippen molar-refractivity contribution < 1.29 is 4.39 Å². The first-order chi connectivity index (χ1) is 5.15. The molecule has 4 heteroatoms. The summed E-state index contributed by atoms with van der Waals surface area (Å²) in [4.78, 5) is 0. The van der Waals surface area contributed by atoms with Crippen LogP contribution in [0.3, 0.4) is 0 Å². The highest BCUT2D eigenvalue weighted by Crippen LogP contribution is 2.27. The quantitative estimate of drug-likeness (QED) is 0.640. The smallest absolute Gasteiger partial charge is 0.115 e. The molecule has 4 N–H and O–H groups in total. The van der Waals surface area contributed by atoms with Crippen molar-refractivity contribution in [1.29, 1.82) is 0 Å². The summed E-state index contributed by atoms with van der Waals surface area (Å²) in [5, 5.41) is 0.294. The Morgan fingerprint density at radius 2 is 1.73 bits per heavy atom. The Morgan fingerprint density at radius 1 is 1.27 bits per heavy atom. The van der Waals surface area contributed by atoms with Crippen molar-refractivity contribution in [3.8, 4) is 0 Å². The Hall–Kier alpha value is -0.960. The van der Waals surface area contributed by atoms with Gasteiger partial charge in [-0.1, -0.05) is 11.6 Å². The molecule has 0 heterocycles. The summed E-state index contributed by atoms with van der Waals surface area (Å²) in [6.45, 7) is -0.578. The van der Waals surface area contributed by atoms with E-state index in [2.05, 4.69) is 0 Å². The third-order valence-electron chi connectivity index (χ3n) is 1.34. The molecule has 2 nitrogen and oxygen atoms in total. The highest BCUT2D eigenvalue weighted by molar-refractivity contribution is 6.35. The molecule has 0 radical (unpaired) electrons. The van der Waals surface area contributed by atoms with Gasteiger partial charge in [0.25, 0.3) is 0 Å². The van der Waals surface area contributed by atoms with Gasteiger partial charge in [0.15, 0.2) is 0 Å². The van der Waals surface area contributed by atoms with Gasteiger partial charge in [-0.25, -0.2) is 4.39 Å². The van der Waals surface area contributed by atoms with Crippen molar-refractivity contribution in [2.24, 2.45) is 0 Å². The van der Waals surface area contributed by atoms with Crippen molar-refractivity contribution in [2.45, 2.75) is 6.67 Å². The average Bonchev–Trinajstić information content (AvgIpc) is 1.99. The van der Waals surface area contributed by atoms with E-state index < -0.39 is 6.67 Å². The molecule has 1 rings (SSSR count). The summed E-state index contributed by atoms with van der Waals surface area (Å²) in [6, 6.07) is 2.94. The molecule has 1 aromatic rings. The molecular weight excluding hydrogens is 167 g/mol. The van der Waals surface area contributed by atoms with Gasteiger partial charge in [0.1, 0.15) is 6.67 Å². The fourth-order valence-corrected chi connectivity index (χ4v) is 0.921. The zero-order valence-corrected chi connectivity index (χ0v) is 6.53. The third kappa shape index (κ3) is 1.54.